The normalized spacial score (nSPS) is 17.3. The van der Waals surface area contributed by atoms with Crippen LogP contribution in [0.5, 0.6) is 0 Å². The molecule has 1 aromatic rings. The predicted octanol–water partition coefficient (Wildman–Crippen LogP) is 2.83. The molecular formula is C19H30ClN3O2. The van der Waals surface area contributed by atoms with E-state index in [-0.39, 0.29) is 36.2 Å². The first-order valence-electron chi connectivity index (χ1n) is 8.76. The van der Waals surface area contributed by atoms with Crippen LogP contribution in [-0.4, -0.2) is 36.3 Å². The van der Waals surface area contributed by atoms with Crippen molar-refractivity contribution in [1.29, 1.82) is 0 Å². The van der Waals surface area contributed by atoms with Gasteiger partial charge in [0.1, 0.15) is 0 Å². The van der Waals surface area contributed by atoms with Crippen molar-refractivity contribution in [3.8, 4) is 0 Å². The molecular weight excluding hydrogens is 338 g/mol. The average molecular weight is 368 g/mol. The lowest BCUT2D eigenvalue weighted by Crippen LogP contribution is -2.35. The summed E-state index contributed by atoms with van der Waals surface area (Å²) >= 11 is 0. The largest absolute Gasteiger partial charge is 0.346 e. The Morgan fingerprint density at radius 1 is 1.36 bits per heavy atom. The summed E-state index contributed by atoms with van der Waals surface area (Å²) in [6.45, 7) is 4.84. The van der Waals surface area contributed by atoms with E-state index in [0.717, 1.165) is 17.7 Å². The highest BCUT2D eigenvalue weighted by Crippen LogP contribution is 2.27. The lowest BCUT2D eigenvalue weighted by Gasteiger charge is -2.25. The van der Waals surface area contributed by atoms with E-state index < -0.39 is 0 Å². The highest BCUT2D eigenvalue weighted by Gasteiger charge is 2.26. The fourth-order valence-electron chi connectivity index (χ4n) is 2.94. The van der Waals surface area contributed by atoms with Crippen molar-refractivity contribution in [2.75, 3.05) is 18.9 Å². The van der Waals surface area contributed by atoms with E-state index in [0.29, 0.717) is 31.7 Å². The molecule has 2 unspecified atom stereocenters. The number of hydrogen-bond acceptors (Lipinski definition) is 3. The lowest BCUT2D eigenvalue weighted by molar-refractivity contribution is -0.130. The monoisotopic (exact) mass is 367 g/mol. The summed E-state index contributed by atoms with van der Waals surface area (Å²) in [6.07, 6.45) is 2.49. The van der Waals surface area contributed by atoms with Crippen LogP contribution < -0.4 is 11.1 Å². The molecule has 1 aliphatic heterocycles. The summed E-state index contributed by atoms with van der Waals surface area (Å²) in [6, 6.07) is 7.95. The van der Waals surface area contributed by atoms with Crippen LogP contribution >= 0.6 is 12.4 Å². The third-order valence-corrected chi connectivity index (χ3v) is 4.90. The number of nitrogens with one attached hydrogen (secondary N) is 1. The molecule has 0 radical (unpaired) electrons. The molecule has 0 saturated heterocycles. The van der Waals surface area contributed by atoms with Gasteiger partial charge >= 0.3 is 0 Å². The zero-order valence-corrected chi connectivity index (χ0v) is 16.1. The van der Waals surface area contributed by atoms with Crippen molar-refractivity contribution in [2.45, 2.75) is 45.6 Å². The van der Waals surface area contributed by atoms with Crippen LogP contribution in [0.15, 0.2) is 24.3 Å². The van der Waals surface area contributed by atoms with Gasteiger partial charge in [0.15, 0.2) is 0 Å². The van der Waals surface area contributed by atoms with Gasteiger partial charge in [-0.2, -0.15) is 0 Å². The second-order valence-electron chi connectivity index (χ2n) is 7.10. The van der Waals surface area contributed by atoms with Crippen molar-refractivity contribution >= 4 is 29.9 Å². The van der Waals surface area contributed by atoms with Crippen LogP contribution in [-0.2, 0) is 16.0 Å². The van der Waals surface area contributed by atoms with Crippen molar-refractivity contribution in [3.05, 3.63) is 29.8 Å². The standard InChI is InChI=1S/C19H29N3O2.ClH/c1-13(2)16(20)10-11-22(3)18(23)9-8-15-12-14-6-4-5-7-17(14)21-19(15)24;/h4-7,13,15-16H,8-12,20H2,1-3H3,(H,21,24);1H. The van der Waals surface area contributed by atoms with Gasteiger partial charge in [-0.3, -0.25) is 9.59 Å². The van der Waals surface area contributed by atoms with Crippen LogP contribution in [0.2, 0.25) is 0 Å². The van der Waals surface area contributed by atoms with Crippen LogP contribution in [0.3, 0.4) is 0 Å². The molecule has 0 saturated carbocycles. The third-order valence-electron chi connectivity index (χ3n) is 4.90. The van der Waals surface area contributed by atoms with Gasteiger partial charge < -0.3 is 16.0 Å². The second-order valence-corrected chi connectivity index (χ2v) is 7.10. The molecule has 0 bridgehead atoms. The van der Waals surface area contributed by atoms with E-state index in [9.17, 15) is 9.59 Å². The quantitative estimate of drug-likeness (QED) is 0.778. The van der Waals surface area contributed by atoms with E-state index >= 15 is 0 Å². The van der Waals surface area contributed by atoms with Gasteiger partial charge in [-0.1, -0.05) is 32.0 Å². The molecule has 1 aromatic carbocycles. The minimum absolute atomic E-state index is 0. The summed E-state index contributed by atoms with van der Waals surface area (Å²) in [5.74, 6) is 0.387. The van der Waals surface area contributed by atoms with Crippen LogP contribution in [0, 0.1) is 11.8 Å². The number of rotatable bonds is 7. The molecule has 25 heavy (non-hydrogen) atoms. The van der Waals surface area contributed by atoms with Crippen LogP contribution in [0.25, 0.3) is 0 Å². The first-order chi connectivity index (χ1) is 11.4. The molecule has 1 heterocycles. The predicted molar refractivity (Wildman–Crippen MR) is 104 cm³/mol. The van der Waals surface area contributed by atoms with Gasteiger partial charge in [-0.15, -0.1) is 12.4 Å². The molecule has 0 spiro atoms. The minimum atomic E-state index is -0.129. The number of carbonyl (C=O) groups is 2. The average Bonchev–Trinajstić information content (AvgIpc) is 2.56. The number of fused-ring (bicyclic) bond motifs is 1. The summed E-state index contributed by atoms with van der Waals surface area (Å²) < 4.78 is 0. The molecule has 6 heteroatoms. The van der Waals surface area contributed by atoms with Crippen molar-refractivity contribution < 1.29 is 9.59 Å². The van der Waals surface area contributed by atoms with Gasteiger partial charge in [0, 0.05) is 37.7 Å². The van der Waals surface area contributed by atoms with Gasteiger partial charge in [0.25, 0.3) is 0 Å². The number of anilines is 1. The summed E-state index contributed by atoms with van der Waals surface area (Å²) in [5.41, 5.74) is 8.07. The fraction of sp³-hybridized carbons (Fsp3) is 0.579. The Labute approximate surface area is 156 Å². The Bertz CT molecular complexity index is 592. The van der Waals surface area contributed by atoms with Gasteiger partial charge in [0.2, 0.25) is 11.8 Å². The van der Waals surface area contributed by atoms with Crippen molar-refractivity contribution in [3.63, 3.8) is 0 Å². The Kier molecular flexibility index (Phi) is 8.39. The van der Waals surface area contributed by atoms with E-state index in [1.807, 2.05) is 31.3 Å². The Hall–Kier alpha value is -1.59. The number of para-hydroxylation sites is 1. The number of carbonyl (C=O) groups excluding carboxylic acids is 2. The number of nitrogens with two attached hydrogens (primary N) is 1. The highest BCUT2D eigenvalue weighted by molar-refractivity contribution is 5.96. The molecule has 2 atom stereocenters. The number of hydrogen-bond donors (Lipinski definition) is 2. The number of amides is 2. The molecule has 5 nitrogen and oxygen atoms in total. The van der Waals surface area contributed by atoms with Gasteiger partial charge in [0.05, 0.1) is 0 Å². The smallest absolute Gasteiger partial charge is 0.227 e. The fourth-order valence-corrected chi connectivity index (χ4v) is 2.94. The van der Waals surface area contributed by atoms with Gasteiger partial charge in [-0.25, -0.2) is 0 Å². The summed E-state index contributed by atoms with van der Waals surface area (Å²) in [5, 5.41) is 2.94. The first-order valence-corrected chi connectivity index (χ1v) is 8.76. The van der Waals surface area contributed by atoms with E-state index in [4.69, 9.17) is 5.73 Å². The second kappa shape index (κ2) is 9.78. The van der Waals surface area contributed by atoms with Gasteiger partial charge in [-0.05, 0) is 36.8 Å². The minimum Gasteiger partial charge on any atom is -0.346 e. The highest BCUT2D eigenvalue weighted by atomic mass is 35.5. The Morgan fingerprint density at radius 3 is 2.72 bits per heavy atom. The Balaban J connectivity index is 0.00000312. The zero-order chi connectivity index (χ0) is 17.7. The van der Waals surface area contributed by atoms with E-state index in [1.165, 1.54) is 0 Å². The number of benzene rings is 1. The summed E-state index contributed by atoms with van der Waals surface area (Å²) in [7, 11) is 1.81. The van der Waals surface area contributed by atoms with E-state index in [1.54, 1.807) is 4.90 Å². The maximum absolute atomic E-state index is 12.3. The lowest BCUT2D eigenvalue weighted by atomic mass is 9.89. The molecule has 0 aromatic heterocycles. The van der Waals surface area contributed by atoms with E-state index in [2.05, 4.69) is 19.2 Å². The molecule has 0 aliphatic carbocycles. The number of nitrogens with zero attached hydrogens (tertiary/aromatic N) is 1. The zero-order valence-electron chi connectivity index (χ0n) is 15.3. The van der Waals surface area contributed by atoms with Crippen LogP contribution in [0.4, 0.5) is 5.69 Å². The molecule has 2 amide bonds. The summed E-state index contributed by atoms with van der Waals surface area (Å²) in [4.78, 5) is 26.2. The maximum atomic E-state index is 12.3. The SMILES string of the molecule is CC(C)C(N)CCN(C)C(=O)CCC1Cc2ccccc2NC1=O.Cl. The molecule has 140 valence electrons. The van der Waals surface area contributed by atoms with Crippen LogP contribution in [0.1, 0.15) is 38.7 Å². The first kappa shape index (κ1) is 21.5. The molecule has 0 fully saturated rings. The molecule has 1 aliphatic rings. The maximum Gasteiger partial charge on any atom is 0.227 e. The Morgan fingerprint density at radius 2 is 2.04 bits per heavy atom. The third kappa shape index (κ3) is 6.01. The van der Waals surface area contributed by atoms with Crippen molar-refractivity contribution in [2.24, 2.45) is 17.6 Å². The number of halogens is 1. The molecule has 3 N–H and O–H groups in total. The van der Waals surface area contributed by atoms with Crippen molar-refractivity contribution in [1.82, 2.24) is 4.90 Å². The molecule has 2 rings (SSSR count). The topological polar surface area (TPSA) is 75.4 Å².